The number of hydrogen-bond donors (Lipinski definition) is 2. The van der Waals surface area contributed by atoms with Crippen molar-refractivity contribution in [3.8, 4) is 5.75 Å². The molecular weight excluding hydrogens is 254 g/mol. The van der Waals surface area contributed by atoms with Gasteiger partial charge in [-0.2, -0.15) is 0 Å². The number of aromatic hydroxyl groups is 1. The van der Waals surface area contributed by atoms with Crippen molar-refractivity contribution in [1.29, 1.82) is 0 Å². The minimum atomic E-state index is -0.227. The molecule has 1 saturated carbocycles. The van der Waals surface area contributed by atoms with Crippen molar-refractivity contribution >= 4 is 17.5 Å². The SMILES string of the molecule is O=C(c1cc(O)ccc1Cl)N(CCO)C1CCC1. The maximum atomic E-state index is 12.4. The third-order valence-corrected chi connectivity index (χ3v) is 3.63. The van der Waals surface area contributed by atoms with E-state index in [1.807, 2.05) is 0 Å². The standard InChI is InChI=1S/C13H16ClNO3/c14-12-5-4-10(17)8-11(12)13(18)15(6-7-16)9-2-1-3-9/h4-5,8-9,16-17H,1-3,6-7H2. The zero-order valence-electron chi connectivity index (χ0n) is 9.97. The molecule has 0 heterocycles. The fourth-order valence-electron chi connectivity index (χ4n) is 2.09. The molecule has 1 aromatic carbocycles. The predicted octanol–water partition coefficient (Wildman–Crippen LogP) is 2.03. The number of phenols is 1. The first-order chi connectivity index (χ1) is 8.63. The Kier molecular flexibility index (Phi) is 4.09. The third-order valence-electron chi connectivity index (χ3n) is 3.30. The first-order valence-electron chi connectivity index (χ1n) is 6.04. The molecule has 0 aromatic heterocycles. The molecular formula is C13H16ClNO3. The Morgan fingerprint density at radius 2 is 2.17 bits per heavy atom. The zero-order chi connectivity index (χ0) is 13.1. The minimum Gasteiger partial charge on any atom is -0.508 e. The Morgan fingerprint density at radius 1 is 1.44 bits per heavy atom. The van der Waals surface area contributed by atoms with E-state index in [1.165, 1.54) is 18.2 Å². The van der Waals surface area contributed by atoms with Gasteiger partial charge in [-0.05, 0) is 37.5 Å². The molecule has 18 heavy (non-hydrogen) atoms. The lowest BCUT2D eigenvalue weighted by Gasteiger charge is -2.37. The number of carbonyl (C=O) groups is 1. The van der Waals surface area contributed by atoms with Crippen molar-refractivity contribution < 1.29 is 15.0 Å². The number of carbonyl (C=O) groups excluding carboxylic acids is 1. The van der Waals surface area contributed by atoms with E-state index in [4.69, 9.17) is 16.7 Å². The molecule has 0 radical (unpaired) electrons. The van der Waals surface area contributed by atoms with E-state index in [-0.39, 0.29) is 29.9 Å². The highest BCUT2D eigenvalue weighted by Gasteiger charge is 2.29. The summed E-state index contributed by atoms with van der Waals surface area (Å²) in [5, 5.41) is 18.8. The molecule has 0 spiro atoms. The van der Waals surface area contributed by atoms with Gasteiger partial charge >= 0.3 is 0 Å². The van der Waals surface area contributed by atoms with Crippen LogP contribution in [-0.4, -0.2) is 40.2 Å². The summed E-state index contributed by atoms with van der Waals surface area (Å²) in [5.41, 5.74) is 0.289. The van der Waals surface area contributed by atoms with E-state index < -0.39 is 0 Å². The van der Waals surface area contributed by atoms with Gasteiger partial charge in [-0.3, -0.25) is 4.79 Å². The number of nitrogens with zero attached hydrogens (tertiary/aromatic N) is 1. The summed E-state index contributed by atoms with van der Waals surface area (Å²) in [6.07, 6.45) is 3.03. The molecule has 0 atom stereocenters. The molecule has 2 N–H and O–H groups in total. The molecule has 5 heteroatoms. The molecule has 0 saturated heterocycles. The Labute approximate surface area is 111 Å². The Balaban J connectivity index is 2.23. The number of hydrogen-bond acceptors (Lipinski definition) is 3. The van der Waals surface area contributed by atoms with Crippen molar-refractivity contribution in [2.45, 2.75) is 25.3 Å². The van der Waals surface area contributed by atoms with Crippen molar-refractivity contribution in [1.82, 2.24) is 4.90 Å². The summed E-state index contributed by atoms with van der Waals surface area (Å²) in [6, 6.07) is 4.50. The maximum Gasteiger partial charge on any atom is 0.255 e. The fraction of sp³-hybridized carbons (Fsp3) is 0.462. The minimum absolute atomic E-state index is 0.0142. The van der Waals surface area contributed by atoms with Crippen LogP contribution in [0.1, 0.15) is 29.6 Å². The van der Waals surface area contributed by atoms with Crippen LogP contribution < -0.4 is 0 Å². The van der Waals surface area contributed by atoms with Crippen LogP contribution in [0.2, 0.25) is 5.02 Å². The molecule has 1 amide bonds. The van der Waals surface area contributed by atoms with E-state index in [9.17, 15) is 9.90 Å². The average molecular weight is 270 g/mol. The maximum absolute atomic E-state index is 12.4. The van der Waals surface area contributed by atoms with E-state index >= 15 is 0 Å². The number of aliphatic hydroxyl groups is 1. The van der Waals surface area contributed by atoms with E-state index in [0.29, 0.717) is 11.6 Å². The largest absolute Gasteiger partial charge is 0.508 e. The van der Waals surface area contributed by atoms with Gasteiger partial charge in [0.1, 0.15) is 5.75 Å². The number of benzene rings is 1. The van der Waals surface area contributed by atoms with Crippen LogP contribution in [0.3, 0.4) is 0 Å². The summed E-state index contributed by atoms with van der Waals surface area (Å²) < 4.78 is 0. The normalized spacial score (nSPS) is 15.2. The van der Waals surface area contributed by atoms with Gasteiger partial charge in [-0.25, -0.2) is 0 Å². The van der Waals surface area contributed by atoms with Crippen LogP contribution in [0.4, 0.5) is 0 Å². The molecule has 2 rings (SSSR count). The Bertz CT molecular complexity index is 446. The highest BCUT2D eigenvalue weighted by Crippen LogP contribution is 2.29. The highest BCUT2D eigenvalue weighted by atomic mass is 35.5. The smallest absolute Gasteiger partial charge is 0.255 e. The molecule has 1 aromatic rings. The fourth-order valence-corrected chi connectivity index (χ4v) is 2.29. The molecule has 98 valence electrons. The van der Waals surface area contributed by atoms with Gasteiger partial charge in [0.15, 0.2) is 0 Å². The molecule has 1 fully saturated rings. The number of halogens is 1. The molecule has 0 unspecified atom stereocenters. The van der Waals surface area contributed by atoms with Gasteiger partial charge in [-0.1, -0.05) is 11.6 Å². The lowest BCUT2D eigenvalue weighted by molar-refractivity contribution is 0.0525. The van der Waals surface area contributed by atoms with Gasteiger partial charge in [0, 0.05) is 12.6 Å². The molecule has 4 nitrogen and oxygen atoms in total. The van der Waals surface area contributed by atoms with Gasteiger partial charge in [0.05, 0.1) is 17.2 Å². The van der Waals surface area contributed by atoms with Gasteiger partial charge in [0.2, 0.25) is 0 Å². The van der Waals surface area contributed by atoms with E-state index in [0.717, 1.165) is 19.3 Å². The van der Waals surface area contributed by atoms with Gasteiger partial charge < -0.3 is 15.1 Å². The van der Waals surface area contributed by atoms with Crippen molar-refractivity contribution in [3.63, 3.8) is 0 Å². The third kappa shape index (κ3) is 2.60. The number of rotatable bonds is 4. The van der Waals surface area contributed by atoms with Crippen LogP contribution in [0.15, 0.2) is 18.2 Å². The summed E-state index contributed by atoms with van der Waals surface area (Å²) in [4.78, 5) is 14.0. The van der Waals surface area contributed by atoms with E-state index in [1.54, 1.807) is 4.90 Å². The summed E-state index contributed by atoms with van der Waals surface area (Å²) >= 11 is 5.98. The van der Waals surface area contributed by atoms with E-state index in [2.05, 4.69) is 0 Å². The highest BCUT2D eigenvalue weighted by molar-refractivity contribution is 6.33. The summed E-state index contributed by atoms with van der Waals surface area (Å²) in [7, 11) is 0. The first-order valence-corrected chi connectivity index (χ1v) is 6.41. The Hall–Kier alpha value is -1.26. The van der Waals surface area contributed by atoms with Crippen LogP contribution in [0.5, 0.6) is 5.75 Å². The molecule has 1 aliphatic carbocycles. The number of amides is 1. The van der Waals surface area contributed by atoms with Crippen LogP contribution in [0, 0.1) is 0 Å². The second-order valence-electron chi connectivity index (χ2n) is 4.47. The summed E-state index contributed by atoms with van der Waals surface area (Å²) in [6.45, 7) is 0.230. The number of phenolic OH excluding ortho intramolecular Hbond substituents is 1. The second kappa shape index (κ2) is 5.59. The van der Waals surface area contributed by atoms with Crippen molar-refractivity contribution in [2.24, 2.45) is 0 Å². The topological polar surface area (TPSA) is 60.8 Å². The first kappa shape index (κ1) is 13.2. The second-order valence-corrected chi connectivity index (χ2v) is 4.88. The monoisotopic (exact) mass is 269 g/mol. The van der Waals surface area contributed by atoms with Crippen LogP contribution in [-0.2, 0) is 0 Å². The van der Waals surface area contributed by atoms with Crippen molar-refractivity contribution in [3.05, 3.63) is 28.8 Å². The van der Waals surface area contributed by atoms with Crippen molar-refractivity contribution in [2.75, 3.05) is 13.2 Å². The quantitative estimate of drug-likeness (QED) is 0.879. The zero-order valence-corrected chi connectivity index (χ0v) is 10.7. The number of aliphatic hydroxyl groups excluding tert-OH is 1. The predicted molar refractivity (Wildman–Crippen MR) is 68.9 cm³/mol. The lowest BCUT2D eigenvalue weighted by Crippen LogP contribution is -2.45. The summed E-state index contributed by atoms with van der Waals surface area (Å²) in [5.74, 6) is -0.213. The van der Waals surface area contributed by atoms with Gasteiger partial charge in [0.25, 0.3) is 5.91 Å². The lowest BCUT2D eigenvalue weighted by atomic mass is 9.91. The molecule has 0 aliphatic heterocycles. The average Bonchev–Trinajstić information content (AvgIpc) is 2.28. The Morgan fingerprint density at radius 3 is 2.72 bits per heavy atom. The van der Waals surface area contributed by atoms with Crippen LogP contribution >= 0.6 is 11.6 Å². The molecule has 0 bridgehead atoms. The van der Waals surface area contributed by atoms with Crippen LogP contribution in [0.25, 0.3) is 0 Å². The molecule has 1 aliphatic rings. The van der Waals surface area contributed by atoms with Gasteiger partial charge in [-0.15, -0.1) is 0 Å².